The summed E-state index contributed by atoms with van der Waals surface area (Å²) in [5.74, 6) is -0.542. The predicted octanol–water partition coefficient (Wildman–Crippen LogP) is 6.44. The molecule has 4 aromatic rings. The highest BCUT2D eigenvalue weighted by atomic mass is 35.5. The van der Waals surface area contributed by atoms with Crippen LogP contribution in [0.15, 0.2) is 79.3 Å². The van der Waals surface area contributed by atoms with E-state index < -0.39 is 26.2 Å². The molecule has 6 nitrogen and oxygen atoms in total. The molecule has 5 rings (SSSR count). The maximum Gasteiger partial charge on any atom is 0.248 e. The Hall–Kier alpha value is -3.20. The number of aliphatic hydroxyl groups is 1. The number of aryl methyl sites for hydroxylation is 1. The maximum absolute atomic E-state index is 14.1. The highest BCUT2D eigenvalue weighted by molar-refractivity contribution is 7.91. The Morgan fingerprint density at radius 1 is 1.18 bits per heavy atom. The van der Waals surface area contributed by atoms with Crippen molar-refractivity contribution in [2.45, 2.75) is 50.5 Å². The zero-order valence-corrected chi connectivity index (χ0v) is 23.0. The van der Waals surface area contributed by atoms with Gasteiger partial charge in [-0.05, 0) is 74.6 Å². The van der Waals surface area contributed by atoms with Gasteiger partial charge in [-0.1, -0.05) is 48.0 Å². The average molecular weight is 554 g/mol. The topological polar surface area (TPSA) is 77.1 Å². The standard InChI is InChI=1S/C29H29ClFN3O3S/c1-28(2,35)13-15-33-19-23(18-32-33)20-9-10-26-21(16-20)11-14-34(26)38(36,37)29(3)12-5-6-22(17-29)24-7-4-8-25(31)27(24)30/h4-12,14,16,18-19,35H,13,15,17H2,1-3H3. The number of aromatic nitrogens is 3. The minimum absolute atomic E-state index is 0.0175. The molecule has 0 spiro atoms. The van der Waals surface area contributed by atoms with Crippen molar-refractivity contribution in [3.63, 3.8) is 0 Å². The number of rotatable bonds is 7. The minimum Gasteiger partial charge on any atom is -0.390 e. The number of hydrogen-bond acceptors (Lipinski definition) is 4. The number of nitrogens with zero attached hydrogens (tertiary/aromatic N) is 3. The largest absolute Gasteiger partial charge is 0.390 e. The van der Waals surface area contributed by atoms with Crippen molar-refractivity contribution in [1.29, 1.82) is 0 Å². The number of allylic oxidation sites excluding steroid dienone is 3. The van der Waals surface area contributed by atoms with Gasteiger partial charge in [0, 0.05) is 29.9 Å². The molecule has 1 aliphatic rings. The van der Waals surface area contributed by atoms with Crippen LogP contribution in [0.25, 0.3) is 27.6 Å². The summed E-state index contributed by atoms with van der Waals surface area (Å²) in [5.41, 5.74) is 2.76. The molecule has 9 heteroatoms. The van der Waals surface area contributed by atoms with Gasteiger partial charge in [-0.3, -0.25) is 4.68 Å². The van der Waals surface area contributed by atoms with E-state index in [4.69, 9.17) is 11.6 Å². The Kier molecular flexibility index (Phi) is 6.62. The predicted molar refractivity (Wildman–Crippen MR) is 150 cm³/mol. The van der Waals surface area contributed by atoms with Crippen molar-refractivity contribution in [1.82, 2.24) is 13.8 Å². The van der Waals surface area contributed by atoms with Crippen LogP contribution in [0, 0.1) is 5.82 Å². The molecule has 0 bridgehead atoms. The summed E-state index contributed by atoms with van der Waals surface area (Å²) in [6.45, 7) is 5.79. The first-order chi connectivity index (χ1) is 17.9. The quantitative estimate of drug-likeness (QED) is 0.286. The highest BCUT2D eigenvalue weighted by Crippen LogP contribution is 2.40. The Labute approximate surface area is 226 Å². The monoisotopic (exact) mass is 553 g/mol. The van der Waals surface area contributed by atoms with Crippen LogP contribution in [0.2, 0.25) is 5.02 Å². The van der Waals surface area contributed by atoms with Crippen LogP contribution in [0.3, 0.4) is 0 Å². The van der Waals surface area contributed by atoms with E-state index in [1.165, 1.54) is 10.0 Å². The SMILES string of the molecule is CC(C)(O)CCn1cc(-c2ccc3c(ccn3S(=O)(=O)C3(C)C=CC=C(c4cccc(F)c4Cl)C3)c2)cn1. The molecule has 2 aromatic heterocycles. The lowest BCUT2D eigenvalue weighted by Crippen LogP contribution is -2.38. The van der Waals surface area contributed by atoms with Crippen LogP contribution in [-0.4, -0.2) is 37.6 Å². The molecular formula is C29H29ClFN3O3S. The smallest absolute Gasteiger partial charge is 0.248 e. The van der Waals surface area contributed by atoms with Crippen LogP contribution in [-0.2, 0) is 16.6 Å². The summed E-state index contributed by atoms with van der Waals surface area (Å²) in [4.78, 5) is 0. The number of benzene rings is 2. The van der Waals surface area contributed by atoms with E-state index in [-0.39, 0.29) is 11.4 Å². The van der Waals surface area contributed by atoms with Gasteiger partial charge in [0.1, 0.15) is 10.6 Å². The van der Waals surface area contributed by atoms with Gasteiger partial charge in [-0.25, -0.2) is 16.8 Å². The molecule has 0 amide bonds. The fourth-order valence-corrected chi connectivity index (χ4v) is 6.66. The van der Waals surface area contributed by atoms with E-state index >= 15 is 0 Å². The van der Waals surface area contributed by atoms with Gasteiger partial charge in [0.2, 0.25) is 10.0 Å². The molecule has 0 fully saturated rings. The first-order valence-corrected chi connectivity index (χ1v) is 14.1. The van der Waals surface area contributed by atoms with E-state index in [0.29, 0.717) is 29.6 Å². The Bertz CT molecular complexity index is 1700. The third-order valence-corrected chi connectivity index (χ3v) is 9.69. The van der Waals surface area contributed by atoms with Gasteiger partial charge >= 0.3 is 0 Å². The lowest BCUT2D eigenvalue weighted by atomic mass is 9.90. The van der Waals surface area contributed by atoms with Crippen molar-refractivity contribution in [2.24, 2.45) is 0 Å². The summed E-state index contributed by atoms with van der Waals surface area (Å²) in [7, 11) is -3.89. The van der Waals surface area contributed by atoms with E-state index in [9.17, 15) is 17.9 Å². The normalized spacial score (nSPS) is 18.2. The van der Waals surface area contributed by atoms with Crippen LogP contribution in [0.1, 0.15) is 39.2 Å². The van der Waals surface area contributed by atoms with Crippen LogP contribution in [0.5, 0.6) is 0 Å². The van der Waals surface area contributed by atoms with Crippen molar-refractivity contribution in [3.05, 3.63) is 95.7 Å². The van der Waals surface area contributed by atoms with Gasteiger partial charge in [0.15, 0.2) is 0 Å². The molecule has 1 unspecified atom stereocenters. The molecule has 1 atom stereocenters. The van der Waals surface area contributed by atoms with Crippen molar-refractivity contribution >= 4 is 38.1 Å². The van der Waals surface area contributed by atoms with E-state index in [1.807, 2.05) is 18.3 Å². The zero-order chi connectivity index (χ0) is 27.3. The van der Waals surface area contributed by atoms with Gasteiger partial charge in [0.25, 0.3) is 0 Å². The second kappa shape index (κ2) is 9.52. The van der Waals surface area contributed by atoms with Crippen molar-refractivity contribution < 1.29 is 17.9 Å². The average Bonchev–Trinajstić information content (AvgIpc) is 3.51. The second-order valence-corrected chi connectivity index (χ2v) is 13.2. The first-order valence-electron chi connectivity index (χ1n) is 12.3. The molecule has 1 aliphatic carbocycles. The molecule has 0 aliphatic heterocycles. The molecule has 0 radical (unpaired) electrons. The molecular weight excluding hydrogens is 525 g/mol. The molecule has 198 valence electrons. The molecule has 2 heterocycles. The molecule has 2 aromatic carbocycles. The van der Waals surface area contributed by atoms with Crippen molar-refractivity contribution in [3.8, 4) is 11.1 Å². The third kappa shape index (κ3) is 4.84. The Morgan fingerprint density at radius 2 is 1.97 bits per heavy atom. The molecule has 0 saturated carbocycles. The van der Waals surface area contributed by atoms with E-state index in [1.54, 1.807) is 80.3 Å². The third-order valence-electron chi connectivity index (χ3n) is 7.01. The lowest BCUT2D eigenvalue weighted by Gasteiger charge is -2.30. The minimum atomic E-state index is -3.89. The number of halogens is 2. The van der Waals surface area contributed by atoms with Crippen LogP contribution in [0.4, 0.5) is 4.39 Å². The highest BCUT2D eigenvalue weighted by Gasteiger charge is 2.41. The van der Waals surface area contributed by atoms with Gasteiger partial charge in [-0.2, -0.15) is 5.10 Å². The summed E-state index contributed by atoms with van der Waals surface area (Å²) >= 11 is 6.20. The second-order valence-electron chi connectivity index (χ2n) is 10.6. The Balaban J connectivity index is 1.44. The lowest BCUT2D eigenvalue weighted by molar-refractivity contribution is 0.0651. The summed E-state index contributed by atoms with van der Waals surface area (Å²) in [6.07, 6.45) is 11.1. The Morgan fingerprint density at radius 3 is 2.74 bits per heavy atom. The fraction of sp³-hybridized carbons (Fsp3) is 0.276. The van der Waals surface area contributed by atoms with E-state index in [0.717, 1.165) is 16.5 Å². The summed E-state index contributed by atoms with van der Waals surface area (Å²) in [6, 6.07) is 11.9. The molecule has 0 saturated heterocycles. The van der Waals surface area contributed by atoms with Crippen LogP contribution >= 0.6 is 11.6 Å². The van der Waals surface area contributed by atoms with Crippen LogP contribution < -0.4 is 0 Å². The molecule has 1 N–H and O–H groups in total. The fourth-order valence-electron chi connectivity index (χ4n) is 4.73. The number of hydrogen-bond donors (Lipinski definition) is 1. The molecule has 38 heavy (non-hydrogen) atoms. The van der Waals surface area contributed by atoms with Gasteiger partial charge in [0.05, 0.1) is 22.3 Å². The summed E-state index contributed by atoms with van der Waals surface area (Å²) in [5, 5.41) is 15.1. The van der Waals surface area contributed by atoms with Gasteiger partial charge < -0.3 is 5.11 Å². The van der Waals surface area contributed by atoms with E-state index in [2.05, 4.69) is 5.10 Å². The summed E-state index contributed by atoms with van der Waals surface area (Å²) < 4.78 is 43.9. The van der Waals surface area contributed by atoms with Crippen molar-refractivity contribution in [2.75, 3.05) is 0 Å². The zero-order valence-electron chi connectivity index (χ0n) is 21.4. The number of fused-ring (bicyclic) bond motifs is 1. The first kappa shape index (κ1) is 26.4. The van der Waals surface area contributed by atoms with Gasteiger partial charge in [-0.15, -0.1) is 0 Å². The maximum atomic E-state index is 14.1.